The van der Waals surface area contributed by atoms with Crippen LogP contribution < -0.4 is 5.32 Å². The first-order chi connectivity index (χ1) is 13.5. The van der Waals surface area contributed by atoms with Crippen molar-refractivity contribution in [3.8, 4) is 0 Å². The summed E-state index contributed by atoms with van der Waals surface area (Å²) in [6.07, 6.45) is 21.2. The molecule has 3 aliphatic carbocycles. The average molecular weight is 412 g/mol. The highest BCUT2D eigenvalue weighted by molar-refractivity contribution is 8.14. The standard InChI is InChI=1S/C12H23N.C11H18O3S/c1-3-7-11(8-4-1)13-12-9-5-2-6-10-12;1-8(12)15-10(11(13)14)7-9-5-3-2-4-6-9/h11-13H,1-10H2;9-10H,2-7H2,1H3,(H,13,14). The maximum absolute atomic E-state index is 10.9. The van der Waals surface area contributed by atoms with Gasteiger partial charge in [-0.3, -0.25) is 9.59 Å². The van der Waals surface area contributed by atoms with Gasteiger partial charge in [-0.05, 0) is 38.0 Å². The van der Waals surface area contributed by atoms with Gasteiger partial charge in [-0.2, -0.15) is 0 Å². The second kappa shape index (κ2) is 13.6. The molecule has 0 aromatic rings. The van der Waals surface area contributed by atoms with Crippen molar-refractivity contribution < 1.29 is 14.7 Å². The van der Waals surface area contributed by atoms with E-state index in [0.29, 0.717) is 12.3 Å². The molecule has 4 nitrogen and oxygen atoms in total. The molecule has 2 N–H and O–H groups in total. The number of thioether (sulfide) groups is 1. The van der Waals surface area contributed by atoms with E-state index in [9.17, 15) is 9.59 Å². The lowest BCUT2D eigenvalue weighted by molar-refractivity contribution is -0.136. The van der Waals surface area contributed by atoms with Crippen LogP contribution in [-0.2, 0) is 9.59 Å². The Morgan fingerprint density at radius 2 is 1.25 bits per heavy atom. The minimum Gasteiger partial charge on any atom is -0.480 e. The van der Waals surface area contributed by atoms with E-state index in [4.69, 9.17) is 5.11 Å². The third-order valence-electron chi connectivity index (χ3n) is 6.54. The number of rotatable bonds is 6. The zero-order valence-electron chi connectivity index (χ0n) is 17.8. The fourth-order valence-electron chi connectivity index (χ4n) is 5.00. The van der Waals surface area contributed by atoms with Gasteiger partial charge in [-0.25, -0.2) is 0 Å². The van der Waals surface area contributed by atoms with Gasteiger partial charge in [-0.1, -0.05) is 82.4 Å². The molecule has 0 aliphatic heterocycles. The molecule has 3 fully saturated rings. The molecule has 162 valence electrons. The van der Waals surface area contributed by atoms with Crippen LogP contribution >= 0.6 is 11.8 Å². The first-order valence-electron chi connectivity index (χ1n) is 11.7. The van der Waals surface area contributed by atoms with Gasteiger partial charge in [0.15, 0.2) is 5.12 Å². The van der Waals surface area contributed by atoms with Crippen LogP contribution in [0.5, 0.6) is 0 Å². The van der Waals surface area contributed by atoms with Crippen LogP contribution in [0.4, 0.5) is 0 Å². The summed E-state index contributed by atoms with van der Waals surface area (Å²) in [6, 6.07) is 1.74. The third kappa shape index (κ3) is 9.78. The second-order valence-electron chi connectivity index (χ2n) is 9.01. The van der Waals surface area contributed by atoms with E-state index in [1.54, 1.807) is 0 Å². The summed E-state index contributed by atoms with van der Waals surface area (Å²) in [6.45, 7) is 1.43. The van der Waals surface area contributed by atoms with E-state index in [2.05, 4.69) is 5.32 Å². The Bertz CT molecular complexity index is 437. The van der Waals surface area contributed by atoms with E-state index in [0.717, 1.165) is 36.7 Å². The van der Waals surface area contributed by atoms with Gasteiger partial charge in [0.2, 0.25) is 0 Å². The van der Waals surface area contributed by atoms with Crippen LogP contribution in [0.1, 0.15) is 110 Å². The molecular weight excluding hydrogens is 370 g/mol. The summed E-state index contributed by atoms with van der Waals surface area (Å²) in [4.78, 5) is 21.8. The molecule has 0 aromatic heterocycles. The normalized spacial score (nSPS) is 23.5. The lowest BCUT2D eigenvalue weighted by atomic mass is 9.86. The van der Waals surface area contributed by atoms with E-state index < -0.39 is 11.2 Å². The van der Waals surface area contributed by atoms with Crippen molar-refractivity contribution in [2.45, 2.75) is 127 Å². The zero-order valence-corrected chi connectivity index (χ0v) is 18.6. The van der Waals surface area contributed by atoms with Crippen LogP contribution in [0.25, 0.3) is 0 Å². The maximum atomic E-state index is 10.9. The fraction of sp³-hybridized carbons (Fsp3) is 0.913. The Hall–Kier alpha value is -0.550. The summed E-state index contributed by atoms with van der Waals surface area (Å²) in [7, 11) is 0. The monoisotopic (exact) mass is 411 g/mol. The van der Waals surface area contributed by atoms with E-state index in [-0.39, 0.29) is 5.12 Å². The molecule has 28 heavy (non-hydrogen) atoms. The molecule has 0 bridgehead atoms. The van der Waals surface area contributed by atoms with Gasteiger partial charge >= 0.3 is 5.97 Å². The number of hydrogen-bond donors (Lipinski definition) is 2. The average Bonchev–Trinajstić information content (AvgIpc) is 2.70. The Kier molecular flexibility index (Phi) is 11.6. The third-order valence-corrected chi connectivity index (χ3v) is 7.55. The van der Waals surface area contributed by atoms with Gasteiger partial charge in [0.1, 0.15) is 5.25 Å². The van der Waals surface area contributed by atoms with Crippen molar-refractivity contribution in [1.29, 1.82) is 0 Å². The molecule has 0 spiro atoms. The molecule has 1 atom stereocenters. The van der Waals surface area contributed by atoms with E-state index >= 15 is 0 Å². The van der Waals surface area contributed by atoms with Crippen LogP contribution in [-0.4, -0.2) is 33.5 Å². The van der Waals surface area contributed by atoms with Crippen LogP contribution in [0.3, 0.4) is 0 Å². The summed E-state index contributed by atoms with van der Waals surface area (Å²) >= 11 is 0.963. The SMILES string of the molecule is C1CCC(NC2CCCCC2)CC1.CC(=O)SC(CC1CCCCC1)C(=O)O. The van der Waals surface area contributed by atoms with Crippen LogP contribution in [0.2, 0.25) is 0 Å². The highest BCUT2D eigenvalue weighted by atomic mass is 32.2. The number of carbonyl (C=O) groups is 2. The molecule has 0 radical (unpaired) electrons. The van der Waals surface area contributed by atoms with Crippen molar-refractivity contribution in [1.82, 2.24) is 5.32 Å². The summed E-state index contributed by atoms with van der Waals surface area (Å²) < 4.78 is 0. The Balaban J connectivity index is 0.000000202. The molecular formula is C23H41NO3S. The Labute approximate surface area is 176 Å². The molecule has 1 unspecified atom stereocenters. The van der Waals surface area contributed by atoms with Gasteiger partial charge in [0, 0.05) is 19.0 Å². The molecule has 0 amide bonds. The van der Waals surface area contributed by atoms with E-state index in [1.807, 2.05) is 0 Å². The minimum atomic E-state index is -0.847. The molecule has 0 saturated heterocycles. The van der Waals surface area contributed by atoms with Gasteiger partial charge in [0.05, 0.1) is 0 Å². The topological polar surface area (TPSA) is 66.4 Å². The fourth-order valence-corrected chi connectivity index (χ4v) is 5.87. The zero-order chi connectivity index (χ0) is 20.2. The van der Waals surface area contributed by atoms with Gasteiger partial charge in [0.25, 0.3) is 0 Å². The summed E-state index contributed by atoms with van der Waals surface area (Å²) in [5.41, 5.74) is 0. The lowest BCUT2D eigenvalue weighted by Crippen LogP contribution is -2.40. The minimum absolute atomic E-state index is 0.0989. The van der Waals surface area contributed by atoms with Crippen LogP contribution in [0.15, 0.2) is 0 Å². The molecule has 5 heteroatoms. The van der Waals surface area contributed by atoms with Gasteiger partial charge < -0.3 is 10.4 Å². The lowest BCUT2D eigenvalue weighted by Gasteiger charge is -2.30. The Morgan fingerprint density at radius 3 is 1.64 bits per heavy atom. The highest BCUT2D eigenvalue weighted by Gasteiger charge is 2.25. The number of nitrogens with one attached hydrogen (secondary N) is 1. The van der Waals surface area contributed by atoms with Crippen LogP contribution in [0, 0.1) is 5.92 Å². The van der Waals surface area contributed by atoms with E-state index in [1.165, 1.54) is 90.4 Å². The predicted molar refractivity (Wildman–Crippen MR) is 118 cm³/mol. The maximum Gasteiger partial charge on any atom is 0.317 e. The van der Waals surface area contributed by atoms with Crippen molar-refractivity contribution in [3.63, 3.8) is 0 Å². The van der Waals surface area contributed by atoms with Crippen molar-refractivity contribution >= 4 is 22.8 Å². The highest BCUT2D eigenvalue weighted by Crippen LogP contribution is 2.31. The molecule has 3 aliphatic rings. The second-order valence-corrected chi connectivity index (χ2v) is 10.4. The molecule has 3 rings (SSSR count). The smallest absolute Gasteiger partial charge is 0.317 e. The predicted octanol–water partition coefficient (Wildman–Crippen LogP) is 5.93. The quantitative estimate of drug-likeness (QED) is 0.567. The first-order valence-corrected chi connectivity index (χ1v) is 12.6. The first kappa shape index (κ1) is 23.7. The van der Waals surface area contributed by atoms with Crippen molar-refractivity contribution in [2.24, 2.45) is 5.92 Å². The van der Waals surface area contributed by atoms with Crippen molar-refractivity contribution in [2.75, 3.05) is 0 Å². The molecule has 3 saturated carbocycles. The summed E-state index contributed by atoms with van der Waals surface area (Å²) in [5.74, 6) is -0.340. The number of aliphatic carboxylic acids is 1. The Morgan fingerprint density at radius 1 is 0.821 bits per heavy atom. The van der Waals surface area contributed by atoms with Gasteiger partial charge in [-0.15, -0.1) is 0 Å². The largest absolute Gasteiger partial charge is 0.480 e. The molecule has 0 aromatic carbocycles. The number of carbonyl (C=O) groups excluding carboxylic acids is 1. The number of carboxylic acids is 1. The molecule has 0 heterocycles. The van der Waals surface area contributed by atoms with Crippen molar-refractivity contribution in [3.05, 3.63) is 0 Å². The number of hydrogen-bond acceptors (Lipinski definition) is 4. The number of carboxylic acid groups (broad SMARTS) is 1. The summed E-state index contributed by atoms with van der Waals surface area (Å²) in [5, 5.41) is 12.2.